The van der Waals surface area contributed by atoms with Crippen LogP contribution in [0.3, 0.4) is 0 Å². The van der Waals surface area contributed by atoms with Crippen LogP contribution in [-0.2, 0) is 9.59 Å². The summed E-state index contributed by atoms with van der Waals surface area (Å²) in [5, 5.41) is 2.94. The van der Waals surface area contributed by atoms with Crippen molar-refractivity contribution in [2.75, 3.05) is 25.0 Å². The fraction of sp³-hybridized carbons (Fsp3) is 0.364. The van der Waals surface area contributed by atoms with Crippen molar-refractivity contribution in [3.8, 4) is 0 Å². The number of likely N-dealkylation sites (tertiary alicyclic amines) is 1. The molecule has 1 heterocycles. The predicted molar refractivity (Wildman–Crippen MR) is 113 cm³/mol. The lowest BCUT2D eigenvalue weighted by Gasteiger charge is -2.30. The van der Waals surface area contributed by atoms with Gasteiger partial charge in [0.05, 0.1) is 12.5 Å². The Morgan fingerprint density at radius 3 is 2.64 bits per heavy atom. The second kappa shape index (κ2) is 9.26. The molecule has 1 atom stereocenters. The van der Waals surface area contributed by atoms with Crippen LogP contribution in [-0.4, -0.2) is 36.3 Å². The molecule has 0 aromatic heterocycles. The SMILES string of the molecule is Cc1ccc(C)c(Sc2ccc(NC(=O)CN3CCC[C@@H](C(N)=O)C3)cc2)c1. The Hall–Kier alpha value is -2.31. The van der Waals surface area contributed by atoms with Gasteiger partial charge < -0.3 is 11.1 Å². The Bertz CT molecular complexity index is 851. The number of nitrogens with zero attached hydrogens (tertiary/aromatic N) is 1. The molecule has 2 aromatic rings. The Morgan fingerprint density at radius 2 is 1.93 bits per heavy atom. The van der Waals surface area contributed by atoms with Gasteiger partial charge in [-0.05, 0) is 74.7 Å². The molecule has 5 nitrogen and oxygen atoms in total. The molecule has 148 valence electrons. The van der Waals surface area contributed by atoms with E-state index in [2.05, 4.69) is 37.4 Å². The van der Waals surface area contributed by atoms with Crippen LogP contribution in [0.5, 0.6) is 0 Å². The molecule has 6 heteroatoms. The number of anilines is 1. The maximum absolute atomic E-state index is 12.3. The number of rotatable bonds is 6. The molecule has 2 amide bonds. The van der Waals surface area contributed by atoms with Crippen LogP contribution in [0, 0.1) is 19.8 Å². The highest BCUT2D eigenvalue weighted by atomic mass is 32.2. The van der Waals surface area contributed by atoms with Gasteiger partial charge in [0, 0.05) is 22.0 Å². The maximum atomic E-state index is 12.3. The summed E-state index contributed by atoms with van der Waals surface area (Å²) in [6.45, 7) is 5.87. The zero-order valence-electron chi connectivity index (χ0n) is 16.4. The van der Waals surface area contributed by atoms with Crippen LogP contribution < -0.4 is 11.1 Å². The Morgan fingerprint density at radius 1 is 1.18 bits per heavy atom. The molecule has 1 saturated heterocycles. The van der Waals surface area contributed by atoms with Gasteiger partial charge in [0.2, 0.25) is 11.8 Å². The number of hydrogen-bond donors (Lipinski definition) is 2. The first-order valence-corrected chi connectivity index (χ1v) is 10.4. The molecule has 0 unspecified atom stereocenters. The van der Waals surface area contributed by atoms with Gasteiger partial charge in [-0.2, -0.15) is 0 Å². The predicted octanol–water partition coefficient (Wildman–Crippen LogP) is 3.59. The molecular formula is C22H27N3O2S. The van der Waals surface area contributed by atoms with Crippen molar-refractivity contribution in [3.05, 3.63) is 53.6 Å². The van der Waals surface area contributed by atoms with Crippen LogP contribution in [0.1, 0.15) is 24.0 Å². The van der Waals surface area contributed by atoms with Crippen molar-refractivity contribution in [1.82, 2.24) is 4.90 Å². The molecule has 1 aliphatic heterocycles. The van der Waals surface area contributed by atoms with Crippen molar-refractivity contribution in [3.63, 3.8) is 0 Å². The highest BCUT2D eigenvalue weighted by molar-refractivity contribution is 7.99. The van der Waals surface area contributed by atoms with Gasteiger partial charge in [0.25, 0.3) is 0 Å². The highest BCUT2D eigenvalue weighted by Crippen LogP contribution is 2.31. The molecule has 0 spiro atoms. The molecule has 0 saturated carbocycles. The molecule has 0 radical (unpaired) electrons. The number of piperidine rings is 1. The van der Waals surface area contributed by atoms with Crippen LogP contribution >= 0.6 is 11.8 Å². The number of primary amides is 1. The van der Waals surface area contributed by atoms with Gasteiger partial charge in [-0.25, -0.2) is 0 Å². The minimum atomic E-state index is -0.276. The molecule has 0 bridgehead atoms. The lowest BCUT2D eigenvalue weighted by molar-refractivity contribution is -0.125. The number of aryl methyl sites for hydroxylation is 2. The van der Waals surface area contributed by atoms with E-state index in [1.807, 2.05) is 29.2 Å². The van der Waals surface area contributed by atoms with E-state index < -0.39 is 0 Å². The van der Waals surface area contributed by atoms with Gasteiger partial charge in [-0.1, -0.05) is 23.9 Å². The molecule has 28 heavy (non-hydrogen) atoms. The lowest BCUT2D eigenvalue weighted by Crippen LogP contribution is -2.44. The third kappa shape index (κ3) is 5.59. The second-order valence-electron chi connectivity index (χ2n) is 7.42. The molecule has 3 N–H and O–H groups in total. The van der Waals surface area contributed by atoms with Gasteiger partial charge >= 0.3 is 0 Å². The van der Waals surface area contributed by atoms with E-state index in [-0.39, 0.29) is 24.3 Å². The van der Waals surface area contributed by atoms with Crippen LogP contribution in [0.25, 0.3) is 0 Å². The summed E-state index contributed by atoms with van der Waals surface area (Å²) in [7, 11) is 0. The van der Waals surface area contributed by atoms with Crippen LogP contribution in [0.15, 0.2) is 52.3 Å². The van der Waals surface area contributed by atoms with Gasteiger partial charge in [0.15, 0.2) is 0 Å². The van der Waals surface area contributed by atoms with Gasteiger partial charge in [0.1, 0.15) is 0 Å². The minimum Gasteiger partial charge on any atom is -0.369 e. The summed E-state index contributed by atoms with van der Waals surface area (Å²) in [5.41, 5.74) is 8.68. The first kappa shape index (κ1) is 20.4. The van der Waals surface area contributed by atoms with E-state index in [4.69, 9.17) is 5.73 Å². The quantitative estimate of drug-likeness (QED) is 0.781. The van der Waals surface area contributed by atoms with Gasteiger partial charge in [-0.3, -0.25) is 14.5 Å². The number of nitrogens with one attached hydrogen (secondary N) is 1. The summed E-state index contributed by atoms with van der Waals surface area (Å²) < 4.78 is 0. The standard InChI is InChI=1S/C22H27N3O2S/c1-15-5-6-16(2)20(12-15)28-19-9-7-18(8-10-19)24-21(26)14-25-11-3-4-17(13-25)22(23)27/h5-10,12,17H,3-4,11,13-14H2,1-2H3,(H2,23,27)(H,24,26)/t17-/m1/s1. The minimum absolute atomic E-state index is 0.0694. The van der Waals surface area contributed by atoms with Crippen molar-refractivity contribution in [1.29, 1.82) is 0 Å². The van der Waals surface area contributed by atoms with Crippen molar-refractivity contribution in [2.24, 2.45) is 11.7 Å². The van der Waals surface area contributed by atoms with E-state index in [1.165, 1.54) is 16.0 Å². The Balaban J connectivity index is 1.54. The number of nitrogens with two attached hydrogens (primary N) is 1. The zero-order chi connectivity index (χ0) is 20.1. The monoisotopic (exact) mass is 397 g/mol. The zero-order valence-corrected chi connectivity index (χ0v) is 17.2. The summed E-state index contributed by atoms with van der Waals surface area (Å²) >= 11 is 1.72. The first-order chi connectivity index (χ1) is 13.4. The topological polar surface area (TPSA) is 75.4 Å². The molecule has 1 aliphatic rings. The van der Waals surface area contributed by atoms with Gasteiger partial charge in [-0.15, -0.1) is 0 Å². The number of carbonyl (C=O) groups is 2. The maximum Gasteiger partial charge on any atom is 0.238 e. The lowest BCUT2D eigenvalue weighted by atomic mass is 9.97. The largest absolute Gasteiger partial charge is 0.369 e. The molecule has 1 fully saturated rings. The molecule has 2 aromatic carbocycles. The molecule has 0 aliphatic carbocycles. The summed E-state index contributed by atoms with van der Waals surface area (Å²) in [4.78, 5) is 28.1. The molecule has 3 rings (SSSR count). The summed E-state index contributed by atoms with van der Waals surface area (Å²) in [6.07, 6.45) is 1.71. The van der Waals surface area contributed by atoms with Crippen LogP contribution in [0.4, 0.5) is 5.69 Å². The average molecular weight is 398 g/mol. The number of carbonyl (C=O) groups excluding carboxylic acids is 2. The summed E-state index contributed by atoms with van der Waals surface area (Å²) in [5.74, 6) is -0.495. The van der Waals surface area contributed by atoms with Crippen LogP contribution in [0.2, 0.25) is 0 Å². The molecular weight excluding hydrogens is 370 g/mol. The Labute approximate surface area is 170 Å². The number of hydrogen-bond acceptors (Lipinski definition) is 4. The number of amides is 2. The third-order valence-corrected chi connectivity index (χ3v) is 6.15. The number of benzene rings is 2. The fourth-order valence-electron chi connectivity index (χ4n) is 3.39. The Kier molecular flexibility index (Phi) is 6.75. The van der Waals surface area contributed by atoms with E-state index in [0.29, 0.717) is 6.54 Å². The highest BCUT2D eigenvalue weighted by Gasteiger charge is 2.25. The third-order valence-electron chi connectivity index (χ3n) is 4.98. The fourth-order valence-corrected chi connectivity index (χ4v) is 4.39. The summed E-state index contributed by atoms with van der Waals surface area (Å²) in [6, 6.07) is 14.3. The van der Waals surface area contributed by atoms with Crippen molar-refractivity contribution >= 4 is 29.3 Å². The first-order valence-electron chi connectivity index (χ1n) is 9.57. The van der Waals surface area contributed by atoms with E-state index in [1.54, 1.807) is 11.8 Å². The van der Waals surface area contributed by atoms with E-state index in [9.17, 15) is 9.59 Å². The van der Waals surface area contributed by atoms with Crippen molar-refractivity contribution < 1.29 is 9.59 Å². The van der Waals surface area contributed by atoms with Crippen molar-refractivity contribution in [2.45, 2.75) is 36.5 Å². The second-order valence-corrected chi connectivity index (χ2v) is 8.54. The smallest absolute Gasteiger partial charge is 0.238 e. The normalized spacial score (nSPS) is 17.3. The average Bonchev–Trinajstić information content (AvgIpc) is 2.66. The van der Waals surface area contributed by atoms with E-state index in [0.717, 1.165) is 30.0 Å². The van der Waals surface area contributed by atoms with E-state index >= 15 is 0 Å².